The molecule has 1 aliphatic heterocycles. The highest BCUT2D eigenvalue weighted by atomic mass is 127. The molecule has 17 heavy (non-hydrogen) atoms. The van der Waals surface area contributed by atoms with E-state index < -0.39 is 0 Å². The molecule has 0 radical (unpaired) electrons. The molecule has 1 saturated heterocycles. The monoisotopic (exact) mass is 356 g/mol. The summed E-state index contributed by atoms with van der Waals surface area (Å²) < 4.78 is 4.92. The minimum atomic E-state index is 0. The fourth-order valence-electron chi connectivity index (χ4n) is 1.81. The van der Waals surface area contributed by atoms with Gasteiger partial charge in [-0.25, -0.2) is 0 Å². The highest BCUT2D eigenvalue weighted by molar-refractivity contribution is 14.0. The second-order valence-corrected chi connectivity index (χ2v) is 4.39. The first-order valence-corrected chi connectivity index (χ1v) is 5.93. The minimum Gasteiger partial charge on any atom is -0.383 e. The zero-order chi connectivity index (χ0) is 11.8. The molecule has 0 spiro atoms. The molecule has 1 heterocycles. The Labute approximate surface area is 121 Å². The molecule has 5 nitrogen and oxygen atoms in total. The molecule has 1 aliphatic rings. The smallest absolute Gasteiger partial charge is 0.188 e. The van der Waals surface area contributed by atoms with Gasteiger partial charge in [0.25, 0.3) is 0 Å². The molecule has 6 heteroatoms. The first-order chi connectivity index (χ1) is 7.72. The second kappa shape index (κ2) is 9.90. The van der Waals surface area contributed by atoms with Crippen LogP contribution in [0.4, 0.5) is 0 Å². The number of nitrogens with two attached hydrogens (primary N) is 1. The van der Waals surface area contributed by atoms with Crippen LogP contribution in [0.2, 0.25) is 0 Å². The van der Waals surface area contributed by atoms with Gasteiger partial charge in [-0.1, -0.05) is 0 Å². The van der Waals surface area contributed by atoms with Crippen LogP contribution in [-0.4, -0.2) is 57.8 Å². The van der Waals surface area contributed by atoms with Crippen molar-refractivity contribution in [3.8, 4) is 0 Å². The third-order valence-corrected chi connectivity index (χ3v) is 2.97. The maximum Gasteiger partial charge on any atom is 0.188 e. The van der Waals surface area contributed by atoms with Gasteiger partial charge in [-0.15, -0.1) is 24.0 Å². The molecule has 0 bridgehead atoms. The van der Waals surface area contributed by atoms with E-state index in [2.05, 4.69) is 22.3 Å². The Morgan fingerprint density at radius 3 is 2.71 bits per heavy atom. The molecule has 1 fully saturated rings. The maximum absolute atomic E-state index is 5.73. The lowest BCUT2D eigenvalue weighted by Gasteiger charge is -2.27. The zero-order valence-electron chi connectivity index (χ0n) is 10.8. The SMILES string of the molecule is COCCNC(N)=NCC1CCN(C)CC1.I. The molecule has 0 aromatic rings. The summed E-state index contributed by atoms with van der Waals surface area (Å²) in [7, 11) is 3.84. The Balaban J connectivity index is 0.00000256. The standard InChI is InChI=1S/C11H24N4O.HI/c1-15-6-3-10(4-7-15)9-14-11(12)13-5-8-16-2;/h10H,3-9H2,1-2H3,(H3,12,13,14);1H. The molecule has 0 aromatic heterocycles. The van der Waals surface area contributed by atoms with Crippen molar-refractivity contribution in [2.24, 2.45) is 16.6 Å². The summed E-state index contributed by atoms with van der Waals surface area (Å²) in [5, 5.41) is 3.02. The molecule has 0 unspecified atom stereocenters. The van der Waals surface area contributed by atoms with Crippen molar-refractivity contribution in [1.29, 1.82) is 0 Å². The van der Waals surface area contributed by atoms with Crippen molar-refractivity contribution in [2.75, 3.05) is 46.9 Å². The number of likely N-dealkylation sites (tertiary alicyclic amines) is 1. The number of guanidine groups is 1. The molecule has 0 atom stereocenters. The van der Waals surface area contributed by atoms with E-state index in [0.717, 1.165) is 13.1 Å². The number of nitrogens with one attached hydrogen (secondary N) is 1. The number of hydrogen-bond donors (Lipinski definition) is 2. The van der Waals surface area contributed by atoms with Crippen molar-refractivity contribution < 1.29 is 4.74 Å². The predicted molar refractivity (Wildman–Crippen MR) is 82.0 cm³/mol. The molecule has 0 saturated carbocycles. The van der Waals surface area contributed by atoms with Crippen LogP contribution >= 0.6 is 24.0 Å². The lowest BCUT2D eigenvalue weighted by atomic mass is 9.97. The largest absolute Gasteiger partial charge is 0.383 e. The third-order valence-electron chi connectivity index (χ3n) is 2.97. The fraction of sp³-hybridized carbons (Fsp3) is 0.909. The van der Waals surface area contributed by atoms with Crippen molar-refractivity contribution in [2.45, 2.75) is 12.8 Å². The van der Waals surface area contributed by atoms with Crippen LogP contribution < -0.4 is 11.1 Å². The van der Waals surface area contributed by atoms with Gasteiger partial charge in [0.05, 0.1) is 6.61 Å². The van der Waals surface area contributed by atoms with Gasteiger partial charge in [-0.05, 0) is 38.9 Å². The molecule has 0 amide bonds. The van der Waals surface area contributed by atoms with E-state index in [9.17, 15) is 0 Å². The predicted octanol–water partition coefficient (Wildman–Crippen LogP) is 0.497. The molecule has 102 valence electrons. The van der Waals surface area contributed by atoms with Crippen molar-refractivity contribution in [3.05, 3.63) is 0 Å². The number of piperidine rings is 1. The summed E-state index contributed by atoms with van der Waals surface area (Å²) in [5.74, 6) is 1.23. The van der Waals surface area contributed by atoms with Gasteiger partial charge in [0.2, 0.25) is 0 Å². The Hall–Kier alpha value is -0.0800. The summed E-state index contributed by atoms with van der Waals surface area (Å²) in [6.07, 6.45) is 2.46. The van der Waals surface area contributed by atoms with Crippen LogP contribution in [0.1, 0.15) is 12.8 Å². The van der Waals surface area contributed by atoms with E-state index in [1.165, 1.54) is 25.9 Å². The van der Waals surface area contributed by atoms with E-state index >= 15 is 0 Å². The van der Waals surface area contributed by atoms with Gasteiger partial charge >= 0.3 is 0 Å². The molecule has 3 N–H and O–H groups in total. The zero-order valence-corrected chi connectivity index (χ0v) is 13.1. The van der Waals surface area contributed by atoms with E-state index in [1.54, 1.807) is 7.11 Å². The number of aliphatic imine (C=N–C) groups is 1. The summed E-state index contributed by atoms with van der Waals surface area (Å²) >= 11 is 0. The van der Waals surface area contributed by atoms with Gasteiger partial charge in [-0.2, -0.15) is 0 Å². The molecular weight excluding hydrogens is 331 g/mol. The summed E-state index contributed by atoms with van der Waals surface area (Å²) in [6.45, 7) is 4.58. The van der Waals surface area contributed by atoms with E-state index in [0.29, 0.717) is 18.5 Å². The van der Waals surface area contributed by atoms with E-state index in [1.807, 2.05) is 0 Å². The number of ether oxygens (including phenoxy) is 1. The van der Waals surface area contributed by atoms with E-state index in [4.69, 9.17) is 10.5 Å². The molecular formula is C11H25IN4O. The Morgan fingerprint density at radius 1 is 1.47 bits per heavy atom. The van der Waals surface area contributed by atoms with Crippen LogP contribution in [0.25, 0.3) is 0 Å². The van der Waals surface area contributed by atoms with Crippen LogP contribution in [0, 0.1) is 5.92 Å². The highest BCUT2D eigenvalue weighted by Crippen LogP contribution is 2.15. The first kappa shape index (κ1) is 16.9. The van der Waals surface area contributed by atoms with Crippen LogP contribution in [-0.2, 0) is 4.74 Å². The van der Waals surface area contributed by atoms with Crippen molar-refractivity contribution >= 4 is 29.9 Å². The normalized spacial score (nSPS) is 18.8. The van der Waals surface area contributed by atoms with Gasteiger partial charge in [-0.3, -0.25) is 4.99 Å². The fourth-order valence-corrected chi connectivity index (χ4v) is 1.81. The van der Waals surface area contributed by atoms with Crippen LogP contribution in [0.15, 0.2) is 4.99 Å². The van der Waals surface area contributed by atoms with Crippen LogP contribution in [0.3, 0.4) is 0 Å². The highest BCUT2D eigenvalue weighted by Gasteiger charge is 2.15. The lowest BCUT2D eigenvalue weighted by molar-refractivity contribution is 0.203. The number of nitrogens with zero attached hydrogens (tertiary/aromatic N) is 2. The summed E-state index contributed by atoms with van der Waals surface area (Å²) in [6, 6.07) is 0. The van der Waals surface area contributed by atoms with Gasteiger partial charge in [0.15, 0.2) is 5.96 Å². The van der Waals surface area contributed by atoms with Gasteiger partial charge < -0.3 is 20.7 Å². The molecule has 0 aromatic carbocycles. The van der Waals surface area contributed by atoms with Gasteiger partial charge in [0, 0.05) is 20.2 Å². The number of rotatable bonds is 5. The quantitative estimate of drug-likeness (QED) is 0.326. The maximum atomic E-state index is 5.73. The van der Waals surface area contributed by atoms with Crippen molar-refractivity contribution in [3.63, 3.8) is 0 Å². The lowest BCUT2D eigenvalue weighted by Crippen LogP contribution is -2.35. The van der Waals surface area contributed by atoms with E-state index in [-0.39, 0.29) is 24.0 Å². The third kappa shape index (κ3) is 7.77. The van der Waals surface area contributed by atoms with Gasteiger partial charge in [0.1, 0.15) is 0 Å². The summed E-state index contributed by atoms with van der Waals surface area (Å²) in [4.78, 5) is 6.72. The Kier molecular flexibility index (Phi) is 9.85. The molecule has 1 rings (SSSR count). The van der Waals surface area contributed by atoms with Crippen LogP contribution in [0.5, 0.6) is 0 Å². The second-order valence-electron chi connectivity index (χ2n) is 4.39. The first-order valence-electron chi connectivity index (χ1n) is 5.93. The summed E-state index contributed by atoms with van der Waals surface area (Å²) in [5.41, 5.74) is 5.73. The average Bonchev–Trinajstić information content (AvgIpc) is 2.29. The molecule has 0 aliphatic carbocycles. The number of halogens is 1. The number of methoxy groups -OCH3 is 1. The Morgan fingerprint density at radius 2 is 2.12 bits per heavy atom. The topological polar surface area (TPSA) is 62.9 Å². The average molecular weight is 356 g/mol. The van der Waals surface area contributed by atoms with Crippen molar-refractivity contribution in [1.82, 2.24) is 10.2 Å². The number of hydrogen-bond acceptors (Lipinski definition) is 3. The Bertz CT molecular complexity index is 218. The minimum absolute atomic E-state index is 0.